The molecule has 0 spiro atoms. The third kappa shape index (κ3) is 3.32. The molecule has 4 nitrogen and oxygen atoms in total. The number of para-hydroxylation sites is 2. The molecule has 1 aromatic heterocycles. The van der Waals surface area contributed by atoms with Gasteiger partial charge in [-0.05, 0) is 40.2 Å². The molecular formula is C14H14BrN3O. The number of carbonyl (C=O) groups is 1. The Morgan fingerprint density at radius 2 is 1.95 bits per heavy atom. The van der Waals surface area contributed by atoms with Gasteiger partial charge in [0.1, 0.15) is 4.60 Å². The lowest BCUT2D eigenvalue weighted by atomic mass is 10.2. The van der Waals surface area contributed by atoms with Crippen LogP contribution in [0, 0.1) is 0 Å². The standard InChI is InChI=1S/C14H14BrN3O/c1-18(2)12-6-4-3-5-11(12)17-14(19)10-7-8-13(15)16-9-10/h3-9H,1-2H3,(H,17,19). The van der Waals surface area contributed by atoms with Gasteiger partial charge >= 0.3 is 0 Å². The summed E-state index contributed by atoms with van der Waals surface area (Å²) in [6.45, 7) is 0. The second kappa shape index (κ2) is 5.84. The third-order valence-electron chi connectivity index (χ3n) is 2.62. The zero-order valence-electron chi connectivity index (χ0n) is 10.7. The van der Waals surface area contributed by atoms with Crippen LogP contribution in [0.1, 0.15) is 10.4 Å². The highest BCUT2D eigenvalue weighted by atomic mass is 79.9. The van der Waals surface area contributed by atoms with E-state index in [4.69, 9.17) is 0 Å². The van der Waals surface area contributed by atoms with E-state index in [1.165, 1.54) is 6.20 Å². The molecule has 1 heterocycles. The number of rotatable bonds is 3. The summed E-state index contributed by atoms with van der Waals surface area (Å²) in [5, 5.41) is 2.89. The number of anilines is 2. The Morgan fingerprint density at radius 1 is 1.21 bits per heavy atom. The molecule has 98 valence electrons. The first-order chi connectivity index (χ1) is 9.08. The van der Waals surface area contributed by atoms with E-state index >= 15 is 0 Å². The number of halogens is 1. The van der Waals surface area contributed by atoms with E-state index in [1.807, 2.05) is 43.3 Å². The third-order valence-corrected chi connectivity index (χ3v) is 3.09. The van der Waals surface area contributed by atoms with Gasteiger partial charge < -0.3 is 10.2 Å². The van der Waals surface area contributed by atoms with Crippen molar-refractivity contribution in [1.82, 2.24) is 4.98 Å². The van der Waals surface area contributed by atoms with Gasteiger partial charge in [-0.3, -0.25) is 4.79 Å². The quantitative estimate of drug-likeness (QED) is 0.884. The van der Waals surface area contributed by atoms with Gasteiger partial charge in [-0.15, -0.1) is 0 Å². The fraction of sp³-hybridized carbons (Fsp3) is 0.143. The van der Waals surface area contributed by atoms with E-state index in [-0.39, 0.29) is 5.91 Å². The minimum absolute atomic E-state index is 0.172. The van der Waals surface area contributed by atoms with Crippen LogP contribution in [0.2, 0.25) is 0 Å². The van der Waals surface area contributed by atoms with Crippen molar-refractivity contribution < 1.29 is 4.79 Å². The summed E-state index contributed by atoms with van der Waals surface area (Å²) in [5.74, 6) is -0.172. The topological polar surface area (TPSA) is 45.2 Å². The Hall–Kier alpha value is -1.88. The van der Waals surface area contributed by atoms with Crippen LogP contribution in [-0.4, -0.2) is 25.0 Å². The summed E-state index contributed by atoms with van der Waals surface area (Å²) in [5.41, 5.74) is 2.26. The lowest BCUT2D eigenvalue weighted by Crippen LogP contribution is -2.16. The molecule has 0 saturated carbocycles. The summed E-state index contributed by atoms with van der Waals surface area (Å²) in [4.78, 5) is 18.1. The first kappa shape index (κ1) is 13.5. The summed E-state index contributed by atoms with van der Waals surface area (Å²) < 4.78 is 0.706. The van der Waals surface area contributed by atoms with Gasteiger partial charge in [-0.25, -0.2) is 4.98 Å². The van der Waals surface area contributed by atoms with Crippen LogP contribution in [0.25, 0.3) is 0 Å². The van der Waals surface area contributed by atoms with E-state index in [1.54, 1.807) is 12.1 Å². The van der Waals surface area contributed by atoms with Crippen molar-refractivity contribution >= 4 is 33.2 Å². The maximum absolute atomic E-state index is 12.1. The van der Waals surface area contributed by atoms with E-state index in [9.17, 15) is 4.79 Å². The average molecular weight is 320 g/mol. The molecular weight excluding hydrogens is 306 g/mol. The monoisotopic (exact) mass is 319 g/mol. The van der Waals surface area contributed by atoms with Gasteiger partial charge in [0.05, 0.1) is 16.9 Å². The molecule has 2 aromatic rings. The van der Waals surface area contributed by atoms with E-state index in [2.05, 4.69) is 26.2 Å². The van der Waals surface area contributed by atoms with Crippen LogP contribution in [0.3, 0.4) is 0 Å². The number of hydrogen-bond acceptors (Lipinski definition) is 3. The second-order valence-electron chi connectivity index (χ2n) is 4.24. The summed E-state index contributed by atoms with van der Waals surface area (Å²) in [6, 6.07) is 11.1. The fourth-order valence-corrected chi connectivity index (χ4v) is 1.91. The summed E-state index contributed by atoms with van der Waals surface area (Å²) in [7, 11) is 3.87. The van der Waals surface area contributed by atoms with Crippen molar-refractivity contribution in [3.05, 3.63) is 52.8 Å². The van der Waals surface area contributed by atoms with Crippen LogP contribution < -0.4 is 10.2 Å². The van der Waals surface area contributed by atoms with Crippen molar-refractivity contribution in [2.45, 2.75) is 0 Å². The molecule has 1 N–H and O–H groups in total. The smallest absolute Gasteiger partial charge is 0.257 e. The number of aromatic nitrogens is 1. The number of nitrogens with one attached hydrogen (secondary N) is 1. The van der Waals surface area contributed by atoms with Crippen molar-refractivity contribution in [1.29, 1.82) is 0 Å². The van der Waals surface area contributed by atoms with Crippen LogP contribution in [0.4, 0.5) is 11.4 Å². The summed E-state index contributed by atoms with van der Waals surface area (Å²) in [6.07, 6.45) is 1.54. The van der Waals surface area contributed by atoms with Gasteiger partial charge in [-0.2, -0.15) is 0 Å². The zero-order valence-corrected chi connectivity index (χ0v) is 12.3. The second-order valence-corrected chi connectivity index (χ2v) is 5.05. The molecule has 0 aliphatic heterocycles. The molecule has 0 atom stereocenters. The van der Waals surface area contributed by atoms with Crippen molar-refractivity contribution in [2.24, 2.45) is 0 Å². The van der Waals surface area contributed by atoms with Crippen molar-refractivity contribution in [3.8, 4) is 0 Å². The van der Waals surface area contributed by atoms with Gasteiger partial charge in [0, 0.05) is 20.3 Å². The van der Waals surface area contributed by atoms with Gasteiger partial charge in [0.15, 0.2) is 0 Å². The van der Waals surface area contributed by atoms with Crippen LogP contribution in [0.5, 0.6) is 0 Å². The molecule has 1 aromatic carbocycles. The molecule has 0 saturated heterocycles. The minimum atomic E-state index is -0.172. The molecule has 1 amide bonds. The maximum atomic E-state index is 12.1. The molecule has 5 heteroatoms. The zero-order chi connectivity index (χ0) is 13.8. The molecule has 0 radical (unpaired) electrons. The SMILES string of the molecule is CN(C)c1ccccc1NC(=O)c1ccc(Br)nc1. The molecule has 19 heavy (non-hydrogen) atoms. The predicted molar refractivity (Wildman–Crippen MR) is 80.7 cm³/mol. The average Bonchev–Trinajstić information content (AvgIpc) is 2.39. The van der Waals surface area contributed by atoms with Crippen LogP contribution in [0.15, 0.2) is 47.2 Å². The largest absolute Gasteiger partial charge is 0.376 e. The Bertz CT molecular complexity index is 581. The Morgan fingerprint density at radius 3 is 2.58 bits per heavy atom. The lowest BCUT2D eigenvalue weighted by molar-refractivity contribution is 0.102. The van der Waals surface area contributed by atoms with Gasteiger partial charge in [-0.1, -0.05) is 12.1 Å². The fourth-order valence-electron chi connectivity index (χ4n) is 1.67. The van der Waals surface area contributed by atoms with Gasteiger partial charge in [0.25, 0.3) is 5.91 Å². The van der Waals surface area contributed by atoms with E-state index in [0.717, 1.165) is 11.4 Å². The lowest BCUT2D eigenvalue weighted by Gasteiger charge is -2.17. The summed E-state index contributed by atoms with van der Waals surface area (Å²) >= 11 is 3.24. The highest BCUT2D eigenvalue weighted by Gasteiger charge is 2.10. The number of carbonyl (C=O) groups excluding carboxylic acids is 1. The van der Waals surface area contributed by atoms with Crippen LogP contribution in [-0.2, 0) is 0 Å². The molecule has 2 rings (SSSR count). The van der Waals surface area contributed by atoms with E-state index < -0.39 is 0 Å². The highest BCUT2D eigenvalue weighted by molar-refractivity contribution is 9.10. The van der Waals surface area contributed by atoms with Crippen LogP contribution >= 0.6 is 15.9 Å². The molecule has 0 fully saturated rings. The Kier molecular flexibility index (Phi) is 4.16. The van der Waals surface area contributed by atoms with Crippen molar-refractivity contribution in [2.75, 3.05) is 24.3 Å². The molecule has 0 aliphatic carbocycles. The Labute approximate surface area is 120 Å². The van der Waals surface area contributed by atoms with Crippen molar-refractivity contribution in [3.63, 3.8) is 0 Å². The maximum Gasteiger partial charge on any atom is 0.257 e. The first-order valence-corrected chi connectivity index (χ1v) is 6.56. The normalized spacial score (nSPS) is 10.1. The number of pyridine rings is 1. The molecule has 0 unspecified atom stereocenters. The Balaban J connectivity index is 2.22. The minimum Gasteiger partial charge on any atom is -0.376 e. The number of benzene rings is 1. The number of nitrogens with zero attached hydrogens (tertiary/aromatic N) is 2. The van der Waals surface area contributed by atoms with Gasteiger partial charge in [0.2, 0.25) is 0 Å². The molecule has 0 bridgehead atoms. The first-order valence-electron chi connectivity index (χ1n) is 5.77. The van der Waals surface area contributed by atoms with E-state index in [0.29, 0.717) is 10.2 Å². The molecule has 0 aliphatic rings. The number of hydrogen-bond donors (Lipinski definition) is 1. The number of amides is 1. The predicted octanol–water partition coefficient (Wildman–Crippen LogP) is 3.16. The highest BCUT2D eigenvalue weighted by Crippen LogP contribution is 2.24.